The van der Waals surface area contributed by atoms with Gasteiger partial charge in [0, 0.05) is 10.5 Å². The number of benzene rings is 2. The number of nitrogens with two attached hydrogens (primary N) is 1. The van der Waals surface area contributed by atoms with Gasteiger partial charge in [-0.2, -0.15) is 5.10 Å². The van der Waals surface area contributed by atoms with Crippen LogP contribution in [0.5, 0.6) is 5.75 Å². The Labute approximate surface area is 159 Å². The molecule has 0 amide bonds. The van der Waals surface area contributed by atoms with E-state index in [2.05, 4.69) is 15.2 Å². The van der Waals surface area contributed by atoms with Gasteiger partial charge in [-0.1, -0.05) is 12.1 Å². The third-order valence-corrected chi connectivity index (χ3v) is 5.04. The Balaban J connectivity index is 2.01. The van der Waals surface area contributed by atoms with Gasteiger partial charge in [0.15, 0.2) is 11.5 Å². The van der Waals surface area contributed by atoms with E-state index in [4.69, 9.17) is 10.5 Å². The van der Waals surface area contributed by atoms with Gasteiger partial charge in [-0.15, -0.1) is 11.8 Å². The summed E-state index contributed by atoms with van der Waals surface area (Å²) in [5.41, 5.74) is 7.45. The fraction of sp³-hybridized carbons (Fsp3) is 0.105. The second kappa shape index (κ2) is 6.81. The number of hydrogen-bond donors (Lipinski definition) is 2. The van der Waals surface area contributed by atoms with Crippen molar-refractivity contribution in [1.29, 1.82) is 0 Å². The highest BCUT2D eigenvalue weighted by molar-refractivity contribution is 7.98. The molecule has 0 saturated carbocycles. The van der Waals surface area contributed by atoms with E-state index in [1.54, 1.807) is 35.6 Å². The number of anilines is 1. The first kappa shape index (κ1) is 17.2. The molecule has 136 valence electrons. The predicted molar refractivity (Wildman–Crippen MR) is 108 cm³/mol. The number of nitrogens with one attached hydrogen (secondary N) is 1. The van der Waals surface area contributed by atoms with Crippen LogP contribution in [0.1, 0.15) is 0 Å². The lowest BCUT2D eigenvalue weighted by atomic mass is 10.2. The summed E-state index contributed by atoms with van der Waals surface area (Å²) in [7, 11) is 1.60. The molecule has 0 aliphatic carbocycles. The van der Waals surface area contributed by atoms with Gasteiger partial charge in [-0.25, -0.2) is 4.98 Å². The van der Waals surface area contributed by atoms with Crippen LogP contribution in [0.15, 0.2) is 58.2 Å². The highest BCUT2D eigenvalue weighted by Gasteiger charge is 2.18. The largest absolute Gasteiger partial charge is 0.497 e. The molecular formula is C19H17N5O2S. The van der Waals surface area contributed by atoms with Crippen LogP contribution in [-0.2, 0) is 0 Å². The molecule has 0 radical (unpaired) electrons. The monoisotopic (exact) mass is 379 g/mol. The summed E-state index contributed by atoms with van der Waals surface area (Å²) < 4.78 is 6.76. The smallest absolute Gasteiger partial charge is 0.271 e. The third kappa shape index (κ3) is 2.93. The summed E-state index contributed by atoms with van der Waals surface area (Å²) in [6.45, 7) is 0. The minimum Gasteiger partial charge on any atom is -0.497 e. The molecular weight excluding hydrogens is 362 g/mol. The Morgan fingerprint density at radius 2 is 1.81 bits per heavy atom. The van der Waals surface area contributed by atoms with E-state index in [-0.39, 0.29) is 16.8 Å². The first-order chi connectivity index (χ1) is 13.1. The van der Waals surface area contributed by atoms with Gasteiger partial charge in [0.25, 0.3) is 5.56 Å². The molecule has 7 nitrogen and oxygen atoms in total. The van der Waals surface area contributed by atoms with Crippen LogP contribution in [0.25, 0.3) is 28.1 Å². The maximum absolute atomic E-state index is 13.2. The van der Waals surface area contributed by atoms with Gasteiger partial charge >= 0.3 is 0 Å². The zero-order valence-corrected chi connectivity index (χ0v) is 15.6. The van der Waals surface area contributed by atoms with Crippen LogP contribution in [0, 0.1) is 0 Å². The Hall–Kier alpha value is -3.26. The summed E-state index contributed by atoms with van der Waals surface area (Å²) in [5.74, 6) is 1.34. The number of rotatable bonds is 4. The zero-order valence-electron chi connectivity index (χ0n) is 14.8. The maximum atomic E-state index is 13.2. The molecule has 0 bridgehead atoms. The topological polar surface area (TPSA) is 98.8 Å². The number of aromatic nitrogens is 4. The summed E-state index contributed by atoms with van der Waals surface area (Å²) in [6, 6.07) is 15.1. The Morgan fingerprint density at radius 3 is 2.44 bits per heavy atom. The zero-order chi connectivity index (χ0) is 19.0. The lowest BCUT2D eigenvalue weighted by Gasteiger charge is -2.13. The molecule has 0 saturated heterocycles. The number of hydrogen-bond acceptors (Lipinski definition) is 6. The first-order valence-corrected chi connectivity index (χ1v) is 9.40. The normalized spacial score (nSPS) is 11.0. The molecule has 2 aromatic carbocycles. The van der Waals surface area contributed by atoms with Crippen molar-refractivity contribution in [2.75, 3.05) is 19.1 Å². The Kier molecular flexibility index (Phi) is 4.33. The first-order valence-electron chi connectivity index (χ1n) is 8.18. The van der Waals surface area contributed by atoms with Crippen molar-refractivity contribution >= 4 is 28.6 Å². The lowest BCUT2D eigenvalue weighted by molar-refractivity contribution is 0.414. The minimum absolute atomic E-state index is 0.133. The molecule has 0 aliphatic heterocycles. The summed E-state index contributed by atoms with van der Waals surface area (Å²) >= 11 is 1.65. The molecule has 0 atom stereocenters. The van der Waals surface area contributed by atoms with Gasteiger partial charge < -0.3 is 10.5 Å². The van der Waals surface area contributed by atoms with Gasteiger partial charge in [0.1, 0.15) is 17.0 Å². The van der Waals surface area contributed by atoms with Crippen molar-refractivity contribution in [2.24, 2.45) is 0 Å². The van der Waals surface area contributed by atoms with Crippen molar-refractivity contribution in [2.45, 2.75) is 4.90 Å². The average molecular weight is 379 g/mol. The molecule has 0 spiro atoms. The summed E-state index contributed by atoms with van der Waals surface area (Å²) in [6.07, 6.45) is 2.01. The van der Waals surface area contributed by atoms with Crippen molar-refractivity contribution in [1.82, 2.24) is 19.7 Å². The molecule has 3 N–H and O–H groups in total. The predicted octanol–water partition coefficient (Wildman–Crippen LogP) is 3.09. The van der Waals surface area contributed by atoms with Crippen LogP contribution >= 0.6 is 11.8 Å². The van der Waals surface area contributed by atoms with Gasteiger partial charge in [0.2, 0.25) is 0 Å². The van der Waals surface area contributed by atoms with E-state index in [0.717, 1.165) is 10.5 Å². The Bertz CT molecular complexity index is 1160. The van der Waals surface area contributed by atoms with Crippen LogP contribution in [0.2, 0.25) is 0 Å². The van der Waals surface area contributed by atoms with E-state index >= 15 is 0 Å². The van der Waals surface area contributed by atoms with Gasteiger partial charge in [0.05, 0.1) is 12.8 Å². The minimum atomic E-state index is -0.277. The van der Waals surface area contributed by atoms with E-state index in [1.807, 2.05) is 42.7 Å². The summed E-state index contributed by atoms with van der Waals surface area (Å²) in [4.78, 5) is 19.0. The van der Waals surface area contributed by atoms with Crippen molar-refractivity contribution in [3.8, 4) is 22.8 Å². The van der Waals surface area contributed by atoms with Gasteiger partial charge in [-0.05, 0) is 42.7 Å². The highest BCUT2D eigenvalue weighted by Crippen LogP contribution is 2.26. The number of fused-ring (bicyclic) bond motifs is 1. The second-order valence-corrected chi connectivity index (χ2v) is 6.71. The van der Waals surface area contributed by atoms with Crippen molar-refractivity contribution in [3.05, 3.63) is 58.9 Å². The number of H-pyrrole nitrogens is 1. The van der Waals surface area contributed by atoms with Crippen LogP contribution < -0.4 is 16.0 Å². The molecule has 2 aromatic heterocycles. The molecule has 0 aliphatic rings. The quantitative estimate of drug-likeness (QED) is 0.529. The molecule has 0 unspecified atom stereocenters. The number of thioether (sulfide) groups is 1. The molecule has 8 heteroatoms. The number of aromatic amines is 1. The number of nitrogens with zero attached hydrogens (tertiary/aromatic N) is 3. The van der Waals surface area contributed by atoms with Crippen molar-refractivity contribution < 1.29 is 4.74 Å². The van der Waals surface area contributed by atoms with Crippen LogP contribution in [-0.4, -0.2) is 33.1 Å². The fourth-order valence-corrected chi connectivity index (χ4v) is 3.31. The van der Waals surface area contributed by atoms with Gasteiger partial charge in [-0.3, -0.25) is 14.5 Å². The SMILES string of the molecule is COc1ccc(-n2c(-c3ccc(SC)cc3)nc3[nH]nc(N)c3c2=O)cc1. The third-order valence-electron chi connectivity index (χ3n) is 4.30. The number of ether oxygens (including phenoxy) is 1. The van der Waals surface area contributed by atoms with Crippen LogP contribution in [0.4, 0.5) is 5.82 Å². The number of methoxy groups -OCH3 is 1. The fourth-order valence-electron chi connectivity index (χ4n) is 2.91. The van der Waals surface area contributed by atoms with Crippen molar-refractivity contribution in [3.63, 3.8) is 0 Å². The van der Waals surface area contributed by atoms with E-state index in [0.29, 0.717) is 22.9 Å². The van der Waals surface area contributed by atoms with E-state index in [9.17, 15) is 4.79 Å². The standard InChI is InChI=1S/C19H17N5O2S/c1-26-13-7-5-12(6-8-13)24-18(11-3-9-14(27-2)10-4-11)21-17-15(19(24)25)16(20)22-23-17/h3-10H,1-2H3,(H3,20,22,23). The maximum Gasteiger partial charge on any atom is 0.271 e. The average Bonchev–Trinajstić information content (AvgIpc) is 3.09. The molecule has 4 aromatic rings. The summed E-state index contributed by atoms with van der Waals surface area (Å²) in [5, 5.41) is 6.94. The van der Waals surface area contributed by atoms with E-state index in [1.165, 1.54) is 0 Å². The van der Waals surface area contributed by atoms with E-state index < -0.39 is 0 Å². The molecule has 2 heterocycles. The van der Waals surface area contributed by atoms with Crippen LogP contribution in [0.3, 0.4) is 0 Å². The number of nitrogen functional groups attached to an aromatic ring is 1. The second-order valence-electron chi connectivity index (χ2n) is 5.83. The highest BCUT2D eigenvalue weighted by atomic mass is 32.2. The molecule has 4 rings (SSSR count). The molecule has 0 fully saturated rings. The Morgan fingerprint density at radius 1 is 1.11 bits per heavy atom. The lowest BCUT2D eigenvalue weighted by Crippen LogP contribution is -2.22. The molecule has 27 heavy (non-hydrogen) atoms.